The number of benzene rings is 1. The van der Waals surface area contributed by atoms with Crippen LogP contribution in [-0.2, 0) is 6.54 Å². The second kappa shape index (κ2) is 6.23. The Morgan fingerprint density at radius 2 is 1.77 bits per heavy atom. The number of rotatable bonds is 4. The zero-order chi connectivity index (χ0) is 15.5. The number of anilines is 1. The van der Waals surface area contributed by atoms with Crippen LogP contribution in [0.1, 0.15) is 22.1 Å². The van der Waals surface area contributed by atoms with Crippen LogP contribution in [0.4, 0.5) is 5.82 Å². The predicted octanol–water partition coefficient (Wildman–Crippen LogP) is 4.14. The third-order valence-corrected chi connectivity index (χ3v) is 4.52. The van der Waals surface area contributed by atoms with Gasteiger partial charge >= 0.3 is 0 Å². The van der Waals surface area contributed by atoms with E-state index in [1.165, 1.54) is 4.88 Å². The molecule has 112 valence electrons. The highest BCUT2D eigenvalue weighted by molar-refractivity contribution is 7.15. The van der Waals surface area contributed by atoms with Crippen LogP contribution in [0.25, 0.3) is 10.6 Å². The van der Waals surface area contributed by atoms with E-state index in [0.29, 0.717) is 0 Å². The van der Waals surface area contributed by atoms with Gasteiger partial charge in [-0.25, -0.2) is 15.0 Å². The summed E-state index contributed by atoms with van der Waals surface area (Å²) in [6.45, 7) is 6.66. The predicted molar refractivity (Wildman–Crippen MR) is 91.1 cm³/mol. The van der Waals surface area contributed by atoms with E-state index in [9.17, 15) is 0 Å². The molecule has 5 heteroatoms. The second-order valence-corrected chi connectivity index (χ2v) is 6.27. The van der Waals surface area contributed by atoms with Gasteiger partial charge < -0.3 is 5.32 Å². The summed E-state index contributed by atoms with van der Waals surface area (Å²) >= 11 is 1.72. The summed E-state index contributed by atoms with van der Waals surface area (Å²) in [6, 6.07) is 12.2. The molecule has 3 rings (SSSR count). The first-order valence-corrected chi connectivity index (χ1v) is 8.01. The van der Waals surface area contributed by atoms with Crippen LogP contribution < -0.4 is 5.32 Å². The Hall–Kier alpha value is -2.27. The maximum Gasteiger partial charge on any atom is 0.130 e. The Labute approximate surface area is 134 Å². The molecule has 0 saturated heterocycles. The van der Waals surface area contributed by atoms with Crippen molar-refractivity contribution in [2.24, 2.45) is 0 Å². The van der Waals surface area contributed by atoms with Gasteiger partial charge in [0.15, 0.2) is 0 Å². The summed E-state index contributed by atoms with van der Waals surface area (Å²) in [6.07, 6.45) is 0. The van der Waals surface area contributed by atoms with Crippen molar-refractivity contribution in [1.29, 1.82) is 0 Å². The minimum Gasteiger partial charge on any atom is -0.365 e. The molecule has 0 bridgehead atoms. The number of aromatic nitrogens is 3. The molecule has 0 radical (unpaired) electrons. The second-order valence-electron chi connectivity index (χ2n) is 5.19. The van der Waals surface area contributed by atoms with Crippen molar-refractivity contribution in [3.8, 4) is 10.6 Å². The van der Waals surface area contributed by atoms with Gasteiger partial charge in [0.2, 0.25) is 0 Å². The van der Waals surface area contributed by atoms with Crippen molar-refractivity contribution in [2.45, 2.75) is 27.3 Å². The lowest BCUT2D eigenvalue weighted by molar-refractivity contribution is 0.992. The van der Waals surface area contributed by atoms with Gasteiger partial charge in [0.1, 0.15) is 16.6 Å². The monoisotopic (exact) mass is 310 g/mol. The molecule has 0 amide bonds. The molecule has 1 N–H and O–H groups in total. The Morgan fingerprint density at radius 3 is 2.50 bits per heavy atom. The van der Waals surface area contributed by atoms with Gasteiger partial charge in [-0.2, -0.15) is 0 Å². The fourth-order valence-electron chi connectivity index (χ4n) is 2.27. The molecule has 0 fully saturated rings. The quantitative estimate of drug-likeness (QED) is 0.787. The van der Waals surface area contributed by atoms with E-state index in [1.807, 2.05) is 38.1 Å². The number of nitrogens with zero attached hydrogens (tertiary/aromatic N) is 3. The Kier molecular flexibility index (Phi) is 4.15. The molecule has 0 aliphatic rings. The minimum absolute atomic E-state index is 0.728. The highest BCUT2D eigenvalue weighted by atomic mass is 32.1. The van der Waals surface area contributed by atoms with Crippen LogP contribution in [0.2, 0.25) is 0 Å². The third-order valence-electron chi connectivity index (χ3n) is 3.31. The fraction of sp³-hybridized carbons (Fsp3) is 0.235. The standard InChI is InChI=1S/C17H18N4S/c1-11-9-16(21-13(3)19-11)18-10-15-12(2)20-17(22-15)14-7-5-4-6-8-14/h4-9H,10H2,1-3H3,(H,18,19,21). The van der Waals surface area contributed by atoms with Gasteiger partial charge in [-0.1, -0.05) is 30.3 Å². The third kappa shape index (κ3) is 3.31. The highest BCUT2D eigenvalue weighted by Gasteiger charge is 2.09. The summed E-state index contributed by atoms with van der Waals surface area (Å²) in [4.78, 5) is 14.6. The molecule has 2 aromatic heterocycles. The fourth-order valence-corrected chi connectivity index (χ4v) is 3.28. The van der Waals surface area contributed by atoms with Crippen molar-refractivity contribution in [2.75, 3.05) is 5.32 Å². The van der Waals surface area contributed by atoms with Crippen molar-refractivity contribution < 1.29 is 0 Å². The van der Waals surface area contributed by atoms with Gasteiger partial charge in [-0.05, 0) is 20.8 Å². The maximum absolute atomic E-state index is 4.67. The molecular weight excluding hydrogens is 292 g/mol. The van der Waals surface area contributed by atoms with Crippen LogP contribution in [0.15, 0.2) is 36.4 Å². The number of hydrogen-bond acceptors (Lipinski definition) is 5. The summed E-state index contributed by atoms with van der Waals surface area (Å²) in [5.74, 6) is 1.65. The maximum atomic E-state index is 4.67. The van der Waals surface area contributed by atoms with Gasteiger partial charge in [-0.3, -0.25) is 0 Å². The Bertz CT molecular complexity index is 760. The zero-order valence-electron chi connectivity index (χ0n) is 12.9. The number of thiazole rings is 1. The van der Waals surface area contributed by atoms with Gasteiger partial charge in [0, 0.05) is 22.2 Å². The average Bonchev–Trinajstić information content (AvgIpc) is 2.86. The van der Waals surface area contributed by atoms with Crippen molar-refractivity contribution >= 4 is 17.2 Å². The summed E-state index contributed by atoms with van der Waals surface area (Å²) in [5, 5.41) is 4.43. The number of nitrogens with one attached hydrogen (secondary N) is 1. The van der Waals surface area contributed by atoms with E-state index in [0.717, 1.165) is 40.1 Å². The average molecular weight is 310 g/mol. The van der Waals surface area contributed by atoms with Crippen molar-refractivity contribution in [1.82, 2.24) is 15.0 Å². The molecule has 0 unspecified atom stereocenters. The van der Waals surface area contributed by atoms with Crippen molar-refractivity contribution in [3.63, 3.8) is 0 Å². The first-order chi connectivity index (χ1) is 10.6. The van der Waals surface area contributed by atoms with Crippen LogP contribution in [0.5, 0.6) is 0 Å². The number of hydrogen-bond donors (Lipinski definition) is 1. The van der Waals surface area contributed by atoms with E-state index in [1.54, 1.807) is 11.3 Å². The first kappa shape index (κ1) is 14.7. The van der Waals surface area contributed by atoms with E-state index in [4.69, 9.17) is 0 Å². The van der Waals surface area contributed by atoms with E-state index in [2.05, 4.69) is 39.3 Å². The smallest absolute Gasteiger partial charge is 0.130 e. The van der Waals surface area contributed by atoms with Crippen LogP contribution in [0, 0.1) is 20.8 Å². The van der Waals surface area contributed by atoms with E-state index in [-0.39, 0.29) is 0 Å². The lowest BCUT2D eigenvalue weighted by Crippen LogP contribution is -2.03. The first-order valence-electron chi connectivity index (χ1n) is 7.20. The molecule has 0 atom stereocenters. The molecule has 2 heterocycles. The van der Waals surface area contributed by atoms with Gasteiger partial charge in [-0.15, -0.1) is 11.3 Å². The Balaban J connectivity index is 1.77. The Morgan fingerprint density at radius 1 is 1.00 bits per heavy atom. The number of aryl methyl sites for hydroxylation is 3. The molecular formula is C17H18N4S. The SMILES string of the molecule is Cc1cc(NCc2sc(-c3ccccc3)nc2C)nc(C)n1. The minimum atomic E-state index is 0.728. The molecule has 0 aliphatic carbocycles. The van der Waals surface area contributed by atoms with Crippen LogP contribution >= 0.6 is 11.3 Å². The summed E-state index contributed by atoms with van der Waals surface area (Å²) < 4.78 is 0. The topological polar surface area (TPSA) is 50.7 Å². The van der Waals surface area contributed by atoms with E-state index >= 15 is 0 Å². The molecule has 3 aromatic rings. The zero-order valence-corrected chi connectivity index (χ0v) is 13.7. The molecule has 1 aromatic carbocycles. The lowest BCUT2D eigenvalue weighted by Gasteiger charge is -2.06. The molecule has 22 heavy (non-hydrogen) atoms. The van der Waals surface area contributed by atoms with E-state index < -0.39 is 0 Å². The van der Waals surface area contributed by atoms with Crippen LogP contribution in [-0.4, -0.2) is 15.0 Å². The van der Waals surface area contributed by atoms with Gasteiger partial charge in [0.05, 0.1) is 12.2 Å². The van der Waals surface area contributed by atoms with Gasteiger partial charge in [0.25, 0.3) is 0 Å². The molecule has 0 saturated carbocycles. The van der Waals surface area contributed by atoms with Crippen molar-refractivity contribution in [3.05, 3.63) is 58.5 Å². The lowest BCUT2D eigenvalue weighted by atomic mass is 10.2. The highest BCUT2D eigenvalue weighted by Crippen LogP contribution is 2.28. The molecule has 4 nitrogen and oxygen atoms in total. The molecule has 0 spiro atoms. The molecule has 0 aliphatic heterocycles. The normalized spacial score (nSPS) is 10.7. The van der Waals surface area contributed by atoms with Crippen LogP contribution in [0.3, 0.4) is 0 Å². The summed E-state index contributed by atoms with van der Waals surface area (Å²) in [5.41, 5.74) is 3.20. The summed E-state index contributed by atoms with van der Waals surface area (Å²) in [7, 11) is 0. The largest absolute Gasteiger partial charge is 0.365 e.